The van der Waals surface area contributed by atoms with E-state index in [1.54, 1.807) is 36.4 Å². The van der Waals surface area contributed by atoms with Crippen LogP contribution in [0.3, 0.4) is 0 Å². The highest BCUT2D eigenvalue weighted by molar-refractivity contribution is 7.92. The molecule has 0 aliphatic carbocycles. The van der Waals surface area contributed by atoms with Gasteiger partial charge in [-0.05, 0) is 29.8 Å². The lowest BCUT2D eigenvalue weighted by atomic mass is 10.1. The predicted molar refractivity (Wildman–Crippen MR) is 89.7 cm³/mol. The Bertz CT molecular complexity index is 845. The molecule has 124 valence electrons. The first kappa shape index (κ1) is 17.4. The van der Waals surface area contributed by atoms with E-state index in [2.05, 4.69) is 15.0 Å². The number of benzene rings is 1. The molecule has 0 fully saturated rings. The fourth-order valence-corrected chi connectivity index (χ4v) is 2.86. The van der Waals surface area contributed by atoms with Crippen molar-refractivity contribution in [2.75, 3.05) is 17.0 Å². The molecule has 1 amide bonds. The monoisotopic (exact) mass is 344 g/mol. The molecule has 0 unspecified atom stereocenters. The van der Waals surface area contributed by atoms with Gasteiger partial charge in [0.15, 0.2) is 0 Å². The number of aromatic nitrogens is 1. The Morgan fingerprint density at radius 1 is 1.21 bits per heavy atom. The highest BCUT2D eigenvalue weighted by Crippen LogP contribution is 2.06. The number of nitrogens with zero attached hydrogens (tertiary/aromatic N) is 2. The maximum absolute atomic E-state index is 12.0. The molecular formula is C16H16N4O3S. The van der Waals surface area contributed by atoms with Gasteiger partial charge in [-0.2, -0.15) is 5.26 Å². The van der Waals surface area contributed by atoms with E-state index in [1.165, 1.54) is 12.3 Å². The van der Waals surface area contributed by atoms with Gasteiger partial charge in [0.25, 0.3) is 5.91 Å². The van der Waals surface area contributed by atoms with Crippen LogP contribution in [0.2, 0.25) is 0 Å². The largest absolute Gasteiger partial charge is 0.351 e. The van der Waals surface area contributed by atoms with Gasteiger partial charge in [0.1, 0.15) is 5.82 Å². The fourth-order valence-electron chi connectivity index (χ4n) is 1.95. The average molecular weight is 344 g/mol. The Morgan fingerprint density at radius 3 is 2.75 bits per heavy atom. The summed E-state index contributed by atoms with van der Waals surface area (Å²) in [5.41, 5.74) is 1.12. The third kappa shape index (κ3) is 5.37. The summed E-state index contributed by atoms with van der Waals surface area (Å²) in [6.07, 6.45) is 1.69. The Morgan fingerprint density at radius 2 is 2.04 bits per heavy atom. The summed E-state index contributed by atoms with van der Waals surface area (Å²) >= 11 is 0. The zero-order chi connectivity index (χ0) is 17.4. The van der Waals surface area contributed by atoms with E-state index >= 15 is 0 Å². The number of carbonyl (C=O) groups is 1. The van der Waals surface area contributed by atoms with E-state index in [9.17, 15) is 13.2 Å². The van der Waals surface area contributed by atoms with E-state index < -0.39 is 10.0 Å². The Balaban J connectivity index is 1.88. The van der Waals surface area contributed by atoms with Crippen molar-refractivity contribution in [1.82, 2.24) is 10.3 Å². The first-order chi connectivity index (χ1) is 11.5. The van der Waals surface area contributed by atoms with Gasteiger partial charge in [0.2, 0.25) is 10.0 Å². The van der Waals surface area contributed by atoms with Gasteiger partial charge in [0, 0.05) is 18.3 Å². The fraction of sp³-hybridized carbons (Fsp3) is 0.188. The van der Waals surface area contributed by atoms with Crippen LogP contribution in [0.1, 0.15) is 15.9 Å². The van der Waals surface area contributed by atoms with Crippen LogP contribution in [0.25, 0.3) is 0 Å². The molecular weight excluding hydrogens is 328 g/mol. The van der Waals surface area contributed by atoms with Gasteiger partial charge in [-0.1, -0.05) is 18.2 Å². The van der Waals surface area contributed by atoms with Gasteiger partial charge in [-0.25, -0.2) is 13.4 Å². The Kier molecular flexibility index (Phi) is 5.87. The van der Waals surface area contributed by atoms with Gasteiger partial charge < -0.3 is 5.32 Å². The van der Waals surface area contributed by atoms with E-state index in [0.717, 1.165) is 5.56 Å². The molecule has 0 aliphatic heterocycles. The van der Waals surface area contributed by atoms with Gasteiger partial charge in [0.05, 0.1) is 18.2 Å². The van der Waals surface area contributed by atoms with E-state index in [-0.39, 0.29) is 30.4 Å². The van der Waals surface area contributed by atoms with Crippen molar-refractivity contribution >= 4 is 21.7 Å². The summed E-state index contributed by atoms with van der Waals surface area (Å²) in [5, 5.41) is 11.2. The lowest BCUT2D eigenvalue weighted by molar-refractivity contribution is 0.0956. The highest BCUT2D eigenvalue weighted by atomic mass is 32.2. The van der Waals surface area contributed by atoms with Crippen LogP contribution in [0, 0.1) is 11.3 Å². The number of hydrogen-bond donors (Lipinski definition) is 2. The van der Waals surface area contributed by atoms with E-state index in [0.29, 0.717) is 5.56 Å². The topological polar surface area (TPSA) is 112 Å². The van der Waals surface area contributed by atoms with E-state index in [1.807, 2.05) is 6.07 Å². The van der Waals surface area contributed by atoms with Gasteiger partial charge in [-0.15, -0.1) is 0 Å². The third-order valence-corrected chi connectivity index (χ3v) is 4.32. The summed E-state index contributed by atoms with van der Waals surface area (Å²) < 4.78 is 26.2. The van der Waals surface area contributed by atoms with Crippen LogP contribution in [-0.4, -0.2) is 31.6 Å². The van der Waals surface area contributed by atoms with Crippen LogP contribution >= 0.6 is 0 Å². The number of anilines is 1. The molecule has 24 heavy (non-hydrogen) atoms. The van der Waals surface area contributed by atoms with Crippen LogP contribution in [0.5, 0.6) is 0 Å². The number of pyridine rings is 1. The lowest BCUT2D eigenvalue weighted by Crippen LogP contribution is -2.31. The molecule has 0 saturated heterocycles. The second-order valence-electron chi connectivity index (χ2n) is 4.93. The van der Waals surface area contributed by atoms with Crippen molar-refractivity contribution in [2.24, 2.45) is 0 Å². The Hall–Kier alpha value is -2.92. The van der Waals surface area contributed by atoms with Crippen LogP contribution < -0.4 is 10.0 Å². The zero-order valence-electron chi connectivity index (χ0n) is 12.8. The van der Waals surface area contributed by atoms with E-state index in [4.69, 9.17) is 5.26 Å². The molecule has 0 radical (unpaired) electrons. The van der Waals surface area contributed by atoms with Crippen molar-refractivity contribution in [3.63, 3.8) is 0 Å². The molecule has 0 atom stereocenters. The molecule has 1 heterocycles. The summed E-state index contributed by atoms with van der Waals surface area (Å²) in [6, 6.07) is 13.5. The number of nitrogens with one attached hydrogen (secondary N) is 2. The zero-order valence-corrected chi connectivity index (χ0v) is 13.6. The second kappa shape index (κ2) is 8.08. The number of hydrogen-bond acceptors (Lipinski definition) is 5. The van der Waals surface area contributed by atoms with Gasteiger partial charge >= 0.3 is 0 Å². The Labute approximate surface area is 140 Å². The maximum atomic E-state index is 12.0. The minimum Gasteiger partial charge on any atom is -0.351 e. The minimum absolute atomic E-state index is 0.0382. The smallest absolute Gasteiger partial charge is 0.251 e. The first-order valence-electron chi connectivity index (χ1n) is 7.16. The van der Waals surface area contributed by atoms with Crippen LogP contribution in [-0.2, 0) is 16.4 Å². The van der Waals surface area contributed by atoms with Crippen molar-refractivity contribution in [3.8, 4) is 6.07 Å². The number of sulfonamides is 1. The number of rotatable bonds is 7. The molecule has 7 nitrogen and oxygen atoms in total. The predicted octanol–water partition coefficient (Wildman–Crippen LogP) is 1.32. The molecule has 0 bridgehead atoms. The molecule has 0 aliphatic rings. The normalized spacial score (nSPS) is 10.6. The number of amides is 1. The summed E-state index contributed by atoms with van der Waals surface area (Å²) in [5.74, 6) is -0.427. The molecule has 1 aromatic carbocycles. The van der Waals surface area contributed by atoms with Crippen LogP contribution in [0.4, 0.5) is 5.82 Å². The molecule has 2 aromatic rings. The quantitative estimate of drug-likeness (QED) is 0.787. The standard InChI is InChI=1S/C16H16N4O3S/c17-8-7-13-4-3-5-14(12-13)16(21)19-10-11-24(22,23)20-15-6-1-2-9-18-15/h1-6,9,12H,7,10-11H2,(H,18,20)(H,19,21). The maximum Gasteiger partial charge on any atom is 0.251 e. The van der Waals surface area contributed by atoms with Gasteiger partial charge in [-0.3, -0.25) is 9.52 Å². The first-order valence-corrected chi connectivity index (χ1v) is 8.81. The molecule has 2 rings (SSSR count). The molecule has 1 aromatic heterocycles. The molecule has 0 saturated carbocycles. The number of carbonyl (C=O) groups excluding carboxylic acids is 1. The van der Waals surface area contributed by atoms with Crippen molar-refractivity contribution in [1.29, 1.82) is 5.26 Å². The highest BCUT2D eigenvalue weighted by Gasteiger charge is 2.12. The summed E-state index contributed by atoms with van der Waals surface area (Å²) in [6.45, 7) is -0.0382. The van der Waals surface area contributed by atoms with Crippen molar-refractivity contribution < 1.29 is 13.2 Å². The molecule has 8 heteroatoms. The third-order valence-electron chi connectivity index (χ3n) is 3.05. The summed E-state index contributed by atoms with van der Waals surface area (Å²) in [4.78, 5) is 15.9. The number of nitriles is 1. The second-order valence-corrected chi connectivity index (χ2v) is 6.77. The SMILES string of the molecule is N#CCc1cccc(C(=O)NCCS(=O)(=O)Nc2ccccn2)c1. The summed E-state index contributed by atoms with van der Waals surface area (Å²) in [7, 11) is -3.60. The van der Waals surface area contributed by atoms with Crippen molar-refractivity contribution in [2.45, 2.75) is 6.42 Å². The van der Waals surface area contributed by atoms with Crippen molar-refractivity contribution in [3.05, 3.63) is 59.8 Å². The average Bonchev–Trinajstić information content (AvgIpc) is 2.55. The lowest BCUT2D eigenvalue weighted by Gasteiger charge is -2.08. The molecule has 0 spiro atoms. The molecule has 2 N–H and O–H groups in total. The van der Waals surface area contributed by atoms with Crippen LogP contribution in [0.15, 0.2) is 48.7 Å². The minimum atomic E-state index is -3.60.